The summed E-state index contributed by atoms with van der Waals surface area (Å²) in [4.78, 5) is 10.9. The minimum Gasteiger partial charge on any atom is -0.478 e. The van der Waals surface area contributed by atoms with Crippen LogP contribution in [-0.2, 0) is 14.8 Å². The molecule has 1 unspecified atom stereocenters. The fourth-order valence-electron chi connectivity index (χ4n) is 1.86. The normalized spacial score (nSPS) is 20.6. The summed E-state index contributed by atoms with van der Waals surface area (Å²) in [5.41, 5.74) is -0.240. The Balaban J connectivity index is 2.46. The minimum atomic E-state index is -3.77. The van der Waals surface area contributed by atoms with Crippen LogP contribution in [0.5, 0.6) is 0 Å². The lowest BCUT2D eigenvalue weighted by molar-refractivity contribution is 0.0697. The number of hydrogen-bond acceptors (Lipinski definition) is 4. The summed E-state index contributed by atoms with van der Waals surface area (Å²) in [5, 5.41) is 8.95. The lowest BCUT2D eigenvalue weighted by Gasteiger charge is -2.19. The van der Waals surface area contributed by atoms with Gasteiger partial charge in [0.05, 0.1) is 22.1 Å². The summed E-state index contributed by atoms with van der Waals surface area (Å²) in [6, 6.07) is 3.61. The van der Waals surface area contributed by atoms with Crippen molar-refractivity contribution in [3.8, 4) is 0 Å². The average Bonchev–Trinajstić information content (AvgIpc) is 2.76. The topological polar surface area (TPSA) is 83.9 Å². The second kappa shape index (κ2) is 5.09. The summed E-state index contributed by atoms with van der Waals surface area (Å²) >= 11 is 5.72. The van der Waals surface area contributed by atoms with Gasteiger partial charge in [-0.2, -0.15) is 4.31 Å². The van der Waals surface area contributed by atoms with E-state index >= 15 is 0 Å². The van der Waals surface area contributed by atoms with E-state index < -0.39 is 22.2 Å². The van der Waals surface area contributed by atoms with Gasteiger partial charge in [-0.3, -0.25) is 0 Å². The summed E-state index contributed by atoms with van der Waals surface area (Å²) in [6.07, 6.45) is -0.561. The maximum atomic E-state index is 12.3. The Morgan fingerprint density at radius 3 is 2.74 bits per heavy atom. The molecule has 2 rings (SSSR count). The monoisotopic (exact) mass is 305 g/mol. The van der Waals surface area contributed by atoms with E-state index in [2.05, 4.69) is 0 Å². The number of carboxylic acid groups (broad SMARTS) is 1. The van der Waals surface area contributed by atoms with Crippen molar-refractivity contribution in [1.29, 1.82) is 0 Å². The molecule has 0 spiro atoms. The third kappa shape index (κ3) is 2.59. The van der Waals surface area contributed by atoms with E-state index in [0.29, 0.717) is 6.61 Å². The lowest BCUT2D eigenvalue weighted by Crippen LogP contribution is -2.34. The van der Waals surface area contributed by atoms with Gasteiger partial charge >= 0.3 is 5.97 Å². The molecule has 8 heteroatoms. The molecule has 6 nitrogen and oxygen atoms in total. The summed E-state index contributed by atoms with van der Waals surface area (Å²) in [7, 11) is -3.77. The van der Waals surface area contributed by atoms with Crippen molar-refractivity contribution in [3.05, 3.63) is 28.8 Å². The highest BCUT2D eigenvalue weighted by Crippen LogP contribution is 2.25. The van der Waals surface area contributed by atoms with Crippen LogP contribution in [0.25, 0.3) is 0 Å². The lowest BCUT2D eigenvalue weighted by atomic mass is 10.2. The molecule has 1 aromatic carbocycles. The number of hydrogen-bond donors (Lipinski definition) is 1. The fourth-order valence-corrected chi connectivity index (χ4v) is 3.60. The molecule has 19 heavy (non-hydrogen) atoms. The first kappa shape index (κ1) is 14.3. The first-order valence-electron chi connectivity index (χ1n) is 5.50. The first-order chi connectivity index (χ1) is 8.84. The van der Waals surface area contributed by atoms with E-state index in [1.807, 2.05) is 0 Å². The van der Waals surface area contributed by atoms with Gasteiger partial charge in [-0.05, 0) is 25.1 Å². The number of halogens is 1. The third-order valence-electron chi connectivity index (χ3n) is 2.85. The van der Waals surface area contributed by atoms with Crippen LogP contribution in [0.2, 0.25) is 5.02 Å². The molecule has 1 N–H and O–H groups in total. The molecule has 1 saturated heterocycles. The highest BCUT2D eigenvalue weighted by Gasteiger charge is 2.34. The summed E-state index contributed by atoms with van der Waals surface area (Å²) in [6.45, 7) is 2.19. The van der Waals surface area contributed by atoms with Crippen LogP contribution in [0.15, 0.2) is 23.1 Å². The first-order valence-corrected chi connectivity index (χ1v) is 7.32. The Bertz CT molecular complexity index is 616. The van der Waals surface area contributed by atoms with E-state index in [1.165, 1.54) is 16.4 Å². The van der Waals surface area contributed by atoms with Crippen molar-refractivity contribution in [3.63, 3.8) is 0 Å². The number of benzene rings is 1. The Labute approximate surface area is 115 Å². The van der Waals surface area contributed by atoms with Crippen molar-refractivity contribution in [1.82, 2.24) is 4.31 Å². The van der Waals surface area contributed by atoms with Crippen molar-refractivity contribution >= 4 is 27.6 Å². The van der Waals surface area contributed by atoms with Crippen molar-refractivity contribution in [2.24, 2.45) is 0 Å². The van der Waals surface area contributed by atoms with Gasteiger partial charge in [-0.25, -0.2) is 13.2 Å². The summed E-state index contributed by atoms with van der Waals surface area (Å²) in [5.74, 6) is -1.27. The zero-order chi connectivity index (χ0) is 14.2. The van der Waals surface area contributed by atoms with E-state index in [-0.39, 0.29) is 22.0 Å². The maximum absolute atomic E-state index is 12.3. The van der Waals surface area contributed by atoms with E-state index in [0.717, 1.165) is 6.07 Å². The minimum absolute atomic E-state index is 0.00262. The van der Waals surface area contributed by atoms with Crippen molar-refractivity contribution < 1.29 is 23.1 Å². The van der Waals surface area contributed by atoms with Gasteiger partial charge in [0.1, 0.15) is 6.23 Å². The fraction of sp³-hybridized carbons (Fsp3) is 0.364. The molecule has 0 saturated carbocycles. The smallest absolute Gasteiger partial charge is 0.337 e. The highest BCUT2D eigenvalue weighted by atomic mass is 35.5. The quantitative estimate of drug-likeness (QED) is 0.912. The zero-order valence-electron chi connectivity index (χ0n) is 10.0. The summed E-state index contributed by atoms with van der Waals surface area (Å²) < 4.78 is 31.0. The van der Waals surface area contributed by atoms with E-state index in [9.17, 15) is 13.2 Å². The number of ether oxygens (including phenoxy) is 1. The number of rotatable bonds is 3. The molecule has 1 atom stereocenters. The number of carboxylic acids is 1. The molecular weight excluding hydrogens is 294 g/mol. The predicted molar refractivity (Wildman–Crippen MR) is 67.7 cm³/mol. The van der Waals surface area contributed by atoms with E-state index in [1.54, 1.807) is 6.92 Å². The number of aromatic carboxylic acids is 1. The van der Waals surface area contributed by atoms with Gasteiger partial charge in [-0.1, -0.05) is 11.6 Å². The van der Waals surface area contributed by atoms with Gasteiger partial charge in [0, 0.05) is 6.54 Å². The van der Waals surface area contributed by atoms with Gasteiger partial charge in [0.2, 0.25) is 10.0 Å². The maximum Gasteiger partial charge on any atom is 0.337 e. The van der Waals surface area contributed by atoms with Crippen LogP contribution in [0.4, 0.5) is 0 Å². The molecule has 1 fully saturated rings. The number of sulfonamides is 1. The van der Waals surface area contributed by atoms with Gasteiger partial charge in [0.15, 0.2) is 0 Å². The number of carbonyl (C=O) groups is 1. The Morgan fingerprint density at radius 2 is 2.21 bits per heavy atom. The Hall–Kier alpha value is -1.15. The Morgan fingerprint density at radius 1 is 1.53 bits per heavy atom. The molecule has 1 aliphatic rings. The second-order valence-electron chi connectivity index (χ2n) is 4.03. The van der Waals surface area contributed by atoms with Gasteiger partial charge in [0.25, 0.3) is 0 Å². The second-order valence-corrected chi connectivity index (χ2v) is 6.33. The Kier molecular flexibility index (Phi) is 3.82. The standard InChI is InChI=1S/C11H12ClNO5S/c1-7-13(4-5-18-7)19(16,17)8-2-3-10(12)9(6-8)11(14)15/h2-3,6-7H,4-5H2,1H3,(H,14,15). The molecule has 0 aliphatic carbocycles. The molecule has 0 bridgehead atoms. The van der Waals surface area contributed by atoms with Crippen LogP contribution >= 0.6 is 11.6 Å². The SMILES string of the molecule is CC1OCCN1S(=O)(=O)c1ccc(Cl)c(C(=O)O)c1. The zero-order valence-corrected chi connectivity index (χ0v) is 11.6. The predicted octanol–water partition coefficient (Wildman–Crippen LogP) is 1.41. The van der Waals surface area contributed by atoms with Gasteiger partial charge in [-0.15, -0.1) is 0 Å². The largest absolute Gasteiger partial charge is 0.478 e. The molecule has 1 aliphatic heterocycles. The molecule has 104 valence electrons. The molecule has 0 aromatic heterocycles. The highest BCUT2D eigenvalue weighted by molar-refractivity contribution is 7.89. The molecule has 1 aromatic rings. The van der Waals surface area contributed by atoms with Crippen LogP contribution in [0, 0.1) is 0 Å². The molecule has 1 heterocycles. The van der Waals surface area contributed by atoms with E-state index in [4.69, 9.17) is 21.4 Å². The molecular formula is C11H12ClNO5S. The van der Waals surface area contributed by atoms with Crippen LogP contribution in [-0.4, -0.2) is 43.2 Å². The van der Waals surface area contributed by atoms with Gasteiger partial charge < -0.3 is 9.84 Å². The van der Waals surface area contributed by atoms with Crippen LogP contribution in [0.3, 0.4) is 0 Å². The molecule has 0 radical (unpaired) electrons. The third-order valence-corrected chi connectivity index (χ3v) is 5.13. The van der Waals surface area contributed by atoms with Crippen LogP contribution in [0.1, 0.15) is 17.3 Å². The van der Waals surface area contributed by atoms with Crippen molar-refractivity contribution in [2.45, 2.75) is 18.0 Å². The average molecular weight is 306 g/mol. The molecule has 0 amide bonds. The number of nitrogens with zero attached hydrogens (tertiary/aromatic N) is 1. The van der Waals surface area contributed by atoms with Crippen LogP contribution < -0.4 is 0 Å². The van der Waals surface area contributed by atoms with Crippen molar-refractivity contribution in [2.75, 3.05) is 13.2 Å².